The minimum absolute atomic E-state index is 0.145. The van der Waals surface area contributed by atoms with E-state index in [0.717, 1.165) is 0 Å². The highest BCUT2D eigenvalue weighted by molar-refractivity contribution is 9.18. The van der Waals surface area contributed by atoms with Gasteiger partial charge in [-0.3, -0.25) is 15.7 Å². The second-order valence-electron chi connectivity index (χ2n) is 4.79. The average molecular weight is 305 g/mol. The molecule has 1 heterocycles. The Labute approximate surface area is 109 Å². The molecule has 6 nitrogen and oxygen atoms in total. The van der Waals surface area contributed by atoms with Crippen molar-refractivity contribution in [3.05, 3.63) is 0 Å². The SMILES string of the molecule is CC(C)(C)OC(=O)N1CCN(C(=N)Br)C(=N)C1. The number of nitrogens with one attached hydrogen (secondary N) is 2. The Kier molecular flexibility index (Phi) is 4.13. The van der Waals surface area contributed by atoms with Crippen molar-refractivity contribution in [3.8, 4) is 0 Å². The molecule has 0 radical (unpaired) electrons. The number of ether oxygens (including phenoxy) is 1. The molecule has 17 heavy (non-hydrogen) atoms. The van der Waals surface area contributed by atoms with Crippen molar-refractivity contribution in [2.24, 2.45) is 0 Å². The molecule has 0 saturated carbocycles. The summed E-state index contributed by atoms with van der Waals surface area (Å²) in [6.45, 7) is 6.47. The molecule has 1 aliphatic rings. The fourth-order valence-corrected chi connectivity index (χ4v) is 1.79. The van der Waals surface area contributed by atoms with E-state index in [2.05, 4.69) is 15.9 Å². The van der Waals surface area contributed by atoms with E-state index in [0.29, 0.717) is 13.1 Å². The molecule has 7 heteroatoms. The first-order valence-corrected chi connectivity index (χ1v) is 6.07. The third-order valence-corrected chi connectivity index (χ3v) is 2.58. The summed E-state index contributed by atoms with van der Waals surface area (Å²) in [6, 6.07) is 0. The fourth-order valence-electron chi connectivity index (χ4n) is 1.40. The largest absolute Gasteiger partial charge is 0.444 e. The maximum Gasteiger partial charge on any atom is 0.410 e. The molecule has 0 aliphatic carbocycles. The Hall–Kier alpha value is -1.11. The molecular weight excluding hydrogens is 288 g/mol. The van der Waals surface area contributed by atoms with Crippen LogP contribution < -0.4 is 0 Å². The van der Waals surface area contributed by atoms with E-state index in [1.165, 1.54) is 9.80 Å². The van der Waals surface area contributed by atoms with E-state index in [1.54, 1.807) is 20.8 Å². The molecule has 0 spiro atoms. The van der Waals surface area contributed by atoms with Crippen LogP contribution in [0.1, 0.15) is 20.8 Å². The van der Waals surface area contributed by atoms with Crippen LogP contribution in [-0.2, 0) is 4.74 Å². The van der Waals surface area contributed by atoms with Crippen LogP contribution >= 0.6 is 15.9 Å². The molecule has 1 aliphatic heterocycles. The minimum Gasteiger partial charge on any atom is -0.444 e. The topological polar surface area (TPSA) is 80.5 Å². The van der Waals surface area contributed by atoms with Crippen LogP contribution in [0.25, 0.3) is 0 Å². The van der Waals surface area contributed by atoms with Gasteiger partial charge in [-0.15, -0.1) is 0 Å². The number of nitrogens with zero attached hydrogens (tertiary/aromatic N) is 2. The van der Waals surface area contributed by atoms with Crippen LogP contribution in [0.4, 0.5) is 4.79 Å². The molecule has 0 atom stereocenters. The Morgan fingerprint density at radius 3 is 2.41 bits per heavy atom. The number of hydrogen-bond acceptors (Lipinski definition) is 4. The summed E-state index contributed by atoms with van der Waals surface area (Å²) in [6.07, 6.45) is -0.414. The first-order chi connectivity index (χ1) is 7.70. The number of halogens is 1. The highest BCUT2D eigenvalue weighted by Crippen LogP contribution is 2.13. The summed E-state index contributed by atoms with van der Waals surface area (Å²) >= 11 is 3.02. The zero-order valence-electron chi connectivity index (χ0n) is 10.2. The van der Waals surface area contributed by atoms with E-state index >= 15 is 0 Å². The standard InChI is InChI=1S/C10H17BrN4O2/c1-10(2,3)17-9(16)14-4-5-15(8(11)13)7(12)6-14/h12-13H,4-6H2,1-3H3. The molecule has 0 aromatic rings. The molecule has 96 valence electrons. The number of carbonyl (C=O) groups excluding carboxylic acids is 1. The maximum atomic E-state index is 11.8. The van der Waals surface area contributed by atoms with Crippen LogP contribution in [0, 0.1) is 10.8 Å². The number of amides is 1. The Balaban J connectivity index is 2.58. The van der Waals surface area contributed by atoms with Gasteiger partial charge in [-0.2, -0.15) is 0 Å². The Morgan fingerprint density at radius 2 is 2.00 bits per heavy atom. The van der Waals surface area contributed by atoms with Crippen molar-refractivity contribution in [1.29, 1.82) is 10.8 Å². The normalized spacial score (nSPS) is 17.1. The van der Waals surface area contributed by atoms with Crippen LogP contribution in [-0.4, -0.2) is 51.7 Å². The van der Waals surface area contributed by atoms with Gasteiger partial charge in [-0.25, -0.2) is 4.79 Å². The van der Waals surface area contributed by atoms with Gasteiger partial charge in [-0.1, -0.05) is 0 Å². The van der Waals surface area contributed by atoms with Crippen LogP contribution in [0.3, 0.4) is 0 Å². The van der Waals surface area contributed by atoms with Gasteiger partial charge in [0, 0.05) is 13.1 Å². The highest BCUT2D eigenvalue weighted by atomic mass is 79.9. The summed E-state index contributed by atoms with van der Waals surface area (Å²) in [5.74, 6) is 0.212. The molecule has 1 fully saturated rings. The van der Waals surface area contributed by atoms with Gasteiger partial charge in [-0.05, 0) is 36.7 Å². The Bertz CT molecular complexity index is 351. The van der Waals surface area contributed by atoms with E-state index in [4.69, 9.17) is 15.6 Å². The molecule has 1 saturated heterocycles. The predicted molar refractivity (Wildman–Crippen MR) is 68.9 cm³/mol. The van der Waals surface area contributed by atoms with Gasteiger partial charge in [0.15, 0.2) is 4.74 Å². The van der Waals surface area contributed by atoms with Crippen LogP contribution in [0.2, 0.25) is 0 Å². The summed E-state index contributed by atoms with van der Waals surface area (Å²) in [5, 5.41) is 15.1. The second-order valence-corrected chi connectivity index (χ2v) is 5.54. The third kappa shape index (κ3) is 3.99. The van der Waals surface area contributed by atoms with E-state index in [9.17, 15) is 4.79 Å². The van der Waals surface area contributed by atoms with Crippen molar-refractivity contribution >= 4 is 32.6 Å². The molecule has 0 aromatic heterocycles. The lowest BCUT2D eigenvalue weighted by molar-refractivity contribution is 0.0255. The minimum atomic E-state index is -0.529. The summed E-state index contributed by atoms with van der Waals surface area (Å²) < 4.78 is 5.37. The number of carbonyl (C=O) groups is 1. The smallest absolute Gasteiger partial charge is 0.410 e. The number of piperazine rings is 1. The predicted octanol–water partition coefficient (Wildman–Crippen LogP) is 1.85. The van der Waals surface area contributed by atoms with Crippen molar-refractivity contribution in [3.63, 3.8) is 0 Å². The van der Waals surface area contributed by atoms with Crippen molar-refractivity contribution in [1.82, 2.24) is 9.80 Å². The van der Waals surface area contributed by atoms with Crippen molar-refractivity contribution in [2.75, 3.05) is 19.6 Å². The van der Waals surface area contributed by atoms with Crippen molar-refractivity contribution < 1.29 is 9.53 Å². The van der Waals surface area contributed by atoms with E-state index in [-0.39, 0.29) is 17.1 Å². The van der Waals surface area contributed by atoms with Crippen LogP contribution in [0.15, 0.2) is 0 Å². The van der Waals surface area contributed by atoms with Gasteiger partial charge in [0.05, 0.1) is 6.54 Å². The molecule has 0 aromatic carbocycles. The van der Waals surface area contributed by atoms with Gasteiger partial charge in [0.25, 0.3) is 0 Å². The summed E-state index contributed by atoms with van der Waals surface area (Å²) in [5.41, 5.74) is -0.529. The zero-order chi connectivity index (χ0) is 13.2. The molecule has 1 amide bonds. The van der Waals surface area contributed by atoms with Crippen LogP contribution in [0.5, 0.6) is 0 Å². The monoisotopic (exact) mass is 304 g/mol. The second kappa shape index (κ2) is 5.03. The molecule has 0 unspecified atom stereocenters. The third-order valence-electron chi connectivity index (χ3n) is 2.15. The summed E-state index contributed by atoms with van der Waals surface area (Å²) in [7, 11) is 0. The van der Waals surface area contributed by atoms with Gasteiger partial charge < -0.3 is 9.64 Å². The lowest BCUT2D eigenvalue weighted by Gasteiger charge is -2.35. The molecule has 2 N–H and O–H groups in total. The number of amidine groups is 2. The average Bonchev–Trinajstić information content (AvgIpc) is 2.14. The quantitative estimate of drug-likeness (QED) is 0.407. The maximum absolute atomic E-state index is 11.8. The zero-order valence-corrected chi connectivity index (χ0v) is 11.8. The lowest BCUT2D eigenvalue weighted by atomic mass is 10.2. The van der Waals surface area contributed by atoms with Gasteiger partial charge in [0.1, 0.15) is 11.4 Å². The number of rotatable bonds is 0. The Morgan fingerprint density at radius 1 is 1.41 bits per heavy atom. The fraction of sp³-hybridized carbons (Fsp3) is 0.700. The van der Waals surface area contributed by atoms with Gasteiger partial charge in [0.2, 0.25) is 0 Å². The highest BCUT2D eigenvalue weighted by Gasteiger charge is 2.29. The van der Waals surface area contributed by atoms with E-state index in [1.807, 2.05) is 0 Å². The molecule has 0 bridgehead atoms. The number of hydrogen-bond donors (Lipinski definition) is 2. The summed E-state index contributed by atoms with van der Waals surface area (Å²) in [4.78, 5) is 14.7. The lowest BCUT2D eigenvalue weighted by Crippen LogP contribution is -2.53. The molecular formula is C10H17BrN4O2. The first kappa shape index (κ1) is 14.0. The van der Waals surface area contributed by atoms with E-state index < -0.39 is 11.7 Å². The first-order valence-electron chi connectivity index (χ1n) is 5.27. The van der Waals surface area contributed by atoms with Crippen molar-refractivity contribution in [2.45, 2.75) is 26.4 Å². The molecule has 1 rings (SSSR count). The van der Waals surface area contributed by atoms with Gasteiger partial charge >= 0.3 is 6.09 Å².